The lowest BCUT2D eigenvalue weighted by Gasteiger charge is -2.13. The number of benzene rings is 4. The van der Waals surface area contributed by atoms with Gasteiger partial charge in [0.15, 0.2) is 0 Å². The van der Waals surface area contributed by atoms with E-state index in [2.05, 4.69) is 10.6 Å². The van der Waals surface area contributed by atoms with E-state index in [1.165, 1.54) is 24.9 Å². The van der Waals surface area contributed by atoms with Gasteiger partial charge in [0.05, 0.1) is 14.2 Å². The van der Waals surface area contributed by atoms with Crippen molar-refractivity contribution in [1.82, 2.24) is 5.32 Å². The fourth-order valence-corrected chi connectivity index (χ4v) is 4.53. The number of ether oxygens (including phenoxy) is 2. The van der Waals surface area contributed by atoms with Crippen LogP contribution in [0.1, 0.15) is 21.5 Å². The molecule has 0 radical (unpaired) electrons. The number of halogens is 1. The normalized spacial score (nSPS) is 11.0. The fraction of sp³-hybridized carbons (Fsp3) is 0.0968. The zero-order chi connectivity index (χ0) is 27.6. The first-order chi connectivity index (χ1) is 19.0. The Morgan fingerprint density at radius 2 is 1.59 bits per heavy atom. The highest BCUT2D eigenvalue weighted by molar-refractivity contribution is 7.98. The van der Waals surface area contributed by atoms with Crippen molar-refractivity contribution in [3.05, 3.63) is 125 Å². The van der Waals surface area contributed by atoms with E-state index in [1.54, 1.807) is 92.0 Å². The molecule has 0 aliphatic heterocycles. The minimum absolute atomic E-state index is 0.0327. The van der Waals surface area contributed by atoms with Crippen molar-refractivity contribution in [2.75, 3.05) is 19.5 Å². The zero-order valence-electron chi connectivity index (χ0n) is 21.4. The third-order valence-electron chi connectivity index (χ3n) is 5.73. The number of hydrogen-bond donors (Lipinski definition) is 2. The van der Waals surface area contributed by atoms with E-state index in [4.69, 9.17) is 9.47 Å². The summed E-state index contributed by atoms with van der Waals surface area (Å²) in [7, 11) is 3.06. The average Bonchev–Trinajstić information content (AvgIpc) is 2.97. The van der Waals surface area contributed by atoms with E-state index in [0.29, 0.717) is 39.6 Å². The van der Waals surface area contributed by atoms with Crippen molar-refractivity contribution in [2.24, 2.45) is 0 Å². The minimum Gasteiger partial charge on any atom is -0.497 e. The second kappa shape index (κ2) is 13.3. The molecule has 0 heterocycles. The maximum absolute atomic E-state index is 13.9. The van der Waals surface area contributed by atoms with Gasteiger partial charge < -0.3 is 20.1 Å². The van der Waals surface area contributed by atoms with Crippen LogP contribution < -0.4 is 20.1 Å². The van der Waals surface area contributed by atoms with Gasteiger partial charge in [-0.2, -0.15) is 0 Å². The largest absolute Gasteiger partial charge is 0.497 e. The van der Waals surface area contributed by atoms with Gasteiger partial charge in [-0.1, -0.05) is 36.4 Å². The molecule has 39 heavy (non-hydrogen) atoms. The molecule has 0 fully saturated rings. The Hall–Kier alpha value is -4.56. The second-order valence-electron chi connectivity index (χ2n) is 8.34. The van der Waals surface area contributed by atoms with Gasteiger partial charge in [-0.05, 0) is 66.2 Å². The topological polar surface area (TPSA) is 76.7 Å². The molecule has 2 N–H and O–H groups in total. The average molecular weight is 543 g/mol. The third kappa shape index (κ3) is 7.49. The quantitative estimate of drug-likeness (QED) is 0.176. The number of methoxy groups -OCH3 is 2. The Labute approximate surface area is 230 Å². The van der Waals surface area contributed by atoms with Crippen LogP contribution in [0.4, 0.5) is 10.1 Å². The molecule has 0 unspecified atom stereocenters. The van der Waals surface area contributed by atoms with E-state index in [9.17, 15) is 14.0 Å². The van der Waals surface area contributed by atoms with Crippen molar-refractivity contribution in [3.8, 4) is 11.5 Å². The predicted octanol–water partition coefficient (Wildman–Crippen LogP) is 6.54. The molecular formula is C31H27FN2O4S. The van der Waals surface area contributed by atoms with E-state index in [0.717, 1.165) is 4.90 Å². The van der Waals surface area contributed by atoms with Gasteiger partial charge in [0, 0.05) is 33.5 Å². The lowest BCUT2D eigenvalue weighted by molar-refractivity contribution is -0.113. The molecule has 0 bridgehead atoms. The molecule has 0 aliphatic carbocycles. The SMILES string of the molecule is COc1ccc(/C=C(\NC(=O)c2ccccc2)C(=O)Nc2ccc(SCc3ccccc3F)cc2)c(OC)c1. The number of carbonyl (C=O) groups excluding carboxylic acids is 2. The molecule has 0 spiro atoms. The smallest absolute Gasteiger partial charge is 0.272 e. The number of thioether (sulfide) groups is 1. The number of amides is 2. The van der Waals surface area contributed by atoms with Crippen LogP contribution in [0.5, 0.6) is 11.5 Å². The molecule has 8 heteroatoms. The molecular weight excluding hydrogens is 515 g/mol. The van der Waals surface area contributed by atoms with Gasteiger partial charge in [0.1, 0.15) is 23.0 Å². The lowest BCUT2D eigenvalue weighted by Crippen LogP contribution is -2.30. The molecule has 198 valence electrons. The van der Waals surface area contributed by atoms with Crippen molar-refractivity contribution in [2.45, 2.75) is 10.6 Å². The number of nitrogens with one attached hydrogen (secondary N) is 2. The Kier molecular flexibility index (Phi) is 9.37. The van der Waals surface area contributed by atoms with Crippen LogP contribution in [0.15, 0.2) is 108 Å². The monoisotopic (exact) mass is 542 g/mol. The summed E-state index contributed by atoms with van der Waals surface area (Å²) in [5.41, 5.74) is 2.19. The number of carbonyl (C=O) groups is 2. The lowest BCUT2D eigenvalue weighted by atomic mass is 10.1. The Balaban J connectivity index is 1.53. The summed E-state index contributed by atoms with van der Waals surface area (Å²) in [6.07, 6.45) is 1.55. The maximum Gasteiger partial charge on any atom is 0.272 e. The summed E-state index contributed by atoms with van der Waals surface area (Å²) in [6, 6.07) is 27.7. The number of rotatable bonds is 10. The standard InChI is InChI=1S/C31H27FN2O4S/c1-37-25-15-12-22(29(19-25)38-2)18-28(34-30(35)21-8-4-3-5-9-21)31(36)33-24-13-16-26(17-14-24)39-20-23-10-6-7-11-27(23)32/h3-19H,20H2,1-2H3,(H,33,36)(H,34,35)/b28-18-. The van der Waals surface area contributed by atoms with Crippen LogP contribution in [-0.2, 0) is 10.5 Å². The molecule has 4 aromatic rings. The van der Waals surface area contributed by atoms with Crippen LogP contribution in [0.25, 0.3) is 6.08 Å². The highest BCUT2D eigenvalue weighted by Gasteiger charge is 2.16. The summed E-state index contributed by atoms with van der Waals surface area (Å²) in [4.78, 5) is 27.2. The summed E-state index contributed by atoms with van der Waals surface area (Å²) < 4.78 is 24.6. The molecule has 0 saturated carbocycles. The maximum atomic E-state index is 13.9. The summed E-state index contributed by atoms with van der Waals surface area (Å²) in [5, 5.41) is 5.55. The first kappa shape index (κ1) is 27.5. The van der Waals surface area contributed by atoms with Gasteiger partial charge >= 0.3 is 0 Å². The minimum atomic E-state index is -0.510. The van der Waals surface area contributed by atoms with Crippen molar-refractivity contribution in [3.63, 3.8) is 0 Å². The van der Waals surface area contributed by atoms with Crippen LogP contribution in [0, 0.1) is 5.82 Å². The van der Waals surface area contributed by atoms with Crippen LogP contribution in [0.2, 0.25) is 0 Å². The van der Waals surface area contributed by atoms with Gasteiger partial charge in [-0.3, -0.25) is 9.59 Å². The Morgan fingerprint density at radius 1 is 0.872 bits per heavy atom. The van der Waals surface area contributed by atoms with Gasteiger partial charge in [0.25, 0.3) is 11.8 Å². The first-order valence-electron chi connectivity index (χ1n) is 12.0. The van der Waals surface area contributed by atoms with Crippen LogP contribution in [0.3, 0.4) is 0 Å². The number of anilines is 1. The Morgan fingerprint density at radius 3 is 2.28 bits per heavy atom. The fourth-order valence-electron chi connectivity index (χ4n) is 3.65. The zero-order valence-corrected chi connectivity index (χ0v) is 22.3. The van der Waals surface area contributed by atoms with Gasteiger partial charge in [0.2, 0.25) is 0 Å². The highest BCUT2D eigenvalue weighted by Crippen LogP contribution is 2.28. The third-order valence-corrected chi connectivity index (χ3v) is 6.79. The van der Waals surface area contributed by atoms with Crippen molar-refractivity contribution in [1.29, 1.82) is 0 Å². The van der Waals surface area contributed by atoms with Crippen LogP contribution >= 0.6 is 11.8 Å². The molecule has 4 rings (SSSR count). The Bertz CT molecular complexity index is 1470. The molecule has 2 amide bonds. The number of hydrogen-bond acceptors (Lipinski definition) is 5. The highest BCUT2D eigenvalue weighted by atomic mass is 32.2. The first-order valence-corrected chi connectivity index (χ1v) is 13.0. The van der Waals surface area contributed by atoms with Gasteiger partial charge in [-0.15, -0.1) is 11.8 Å². The molecule has 0 atom stereocenters. The van der Waals surface area contributed by atoms with Gasteiger partial charge in [-0.25, -0.2) is 4.39 Å². The molecule has 4 aromatic carbocycles. The van der Waals surface area contributed by atoms with Crippen molar-refractivity contribution >= 4 is 35.3 Å². The summed E-state index contributed by atoms with van der Waals surface area (Å²) in [6.45, 7) is 0. The molecule has 0 aromatic heterocycles. The predicted molar refractivity (Wildman–Crippen MR) is 152 cm³/mol. The van der Waals surface area contributed by atoms with E-state index >= 15 is 0 Å². The summed E-state index contributed by atoms with van der Waals surface area (Å²) >= 11 is 1.49. The molecule has 6 nitrogen and oxygen atoms in total. The van der Waals surface area contributed by atoms with E-state index in [1.807, 2.05) is 12.1 Å². The molecule has 0 aliphatic rings. The van der Waals surface area contributed by atoms with E-state index < -0.39 is 11.8 Å². The van der Waals surface area contributed by atoms with E-state index in [-0.39, 0.29) is 11.5 Å². The second-order valence-corrected chi connectivity index (χ2v) is 9.39. The van der Waals surface area contributed by atoms with Crippen molar-refractivity contribution < 1.29 is 23.5 Å². The summed E-state index contributed by atoms with van der Waals surface area (Å²) in [5.74, 6) is 0.383. The van der Waals surface area contributed by atoms with Crippen LogP contribution in [-0.4, -0.2) is 26.0 Å². The molecule has 0 saturated heterocycles.